The molecular weight excluding hydrogens is 517 g/mol. The second-order valence-electron chi connectivity index (χ2n) is 8.85. The van der Waals surface area contributed by atoms with Crippen molar-refractivity contribution in [3.05, 3.63) is 76.3 Å². The minimum atomic E-state index is -1.55. The summed E-state index contributed by atoms with van der Waals surface area (Å²) in [5.74, 6) is -2.20. The van der Waals surface area contributed by atoms with E-state index in [0.29, 0.717) is 28.3 Å². The van der Waals surface area contributed by atoms with E-state index >= 15 is 0 Å². The molecule has 12 heteroatoms. The van der Waals surface area contributed by atoms with Gasteiger partial charge in [-0.2, -0.15) is 5.10 Å². The second-order valence-corrected chi connectivity index (χ2v) is 9.29. The average molecular weight is 546 g/mol. The molecular formula is C26H29ClFN5O5. The molecule has 3 rings (SSSR count). The van der Waals surface area contributed by atoms with Gasteiger partial charge in [0.15, 0.2) is 11.9 Å². The molecule has 0 saturated heterocycles. The number of aromatic amines is 1. The van der Waals surface area contributed by atoms with Crippen molar-refractivity contribution in [2.24, 2.45) is 0 Å². The van der Waals surface area contributed by atoms with E-state index in [1.807, 2.05) is 19.0 Å². The summed E-state index contributed by atoms with van der Waals surface area (Å²) < 4.78 is 19.4. The van der Waals surface area contributed by atoms with Crippen LogP contribution in [-0.2, 0) is 16.1 Å². The predicted octanol–water partition coefficient (Wildman–Crippen LogP) is 2.68. The summed E-state index contributed by atoms with van der Waals surface area (Å²) in [6.07, 6.45) is -1.55. The number of likely N-dealkylation sites (N-methyl/N-ethyl adjacent to an activating group) is 1. The molecule has 1 aromatic heterocycles. The Bertz CT molecular complexity index is 1280. The maximum absolute atomic E-state index is 14.3. The quantitative estimate of drug-likeness (QED) is 0.180. The Labute approximate surface area is 224 Å². The normalized spacial score (nSPS) is 12.0. The number of H-pyrrole nitrogens is 1. The average Bonchev–Trinajstić information content (AvgIpc) is 3.37. The number of carbonyl (C=O) groups is 3. The number of aromatic nitrogens is 2. The van der Waals surface area contributed by atoms with Gasteiger partial charge < -0.3 is 14.7 Å². The van der Waals surface area contributed by atoms with Crippen molar-refractivity contribution in [1.29, 1.82) is 0 Å². The van der Waals surface area contributed by atoms with Gasteiger partial charge in [-0.15, -0.1) is 0 Å². The first-order valence-electron chi connectivity index (χ1n) is 11.7. The number of aliphatic hydroxyl groups excluding tert-OH is 1. The summed E-state index contributed by atoms with van der Waals surface area (Å²) in [5.41, 5.74) is 4.36. The highest BCUT2D eigenvalue weighted by atomic mass is 35.5. The van der Waals surface area contributed by atoms with Gasteiger partial charge >= 0.3 is 5.97 Å². The molecule has 1 heterocycles. The van der Waals surface area contributed by atoms with Crippen molar-refractivity contribution >= 4 is 29.3 Å². The number of amides is 1. The van der Waals surface area contributed by atoms with E-state index in [2.05, 4.69) is 15.6 Å². The molecule has 0 spiro atoms. The lowest BCUT2D eigenvalue weighted by Crippen LogP contribution is -2.47. The lowest BCUT2D eigenvalue weighted by atomic mass is 10.0. The molecule has 0 aliphatic heterocycles. The molecule has 10 nitrogen and oxygen atoms in total. The molecule has 0 fully saturated rings. The summed E-state index contributed by atoms with van der Waals surface area (Å²) in [6, 6.07) is 12.4. The molecule has 1 atom stereocenters. The molecule has 38 heavy (non-hydrogen) atoms. The fourth-order valence-electron chi connectivity index (χ4n) is 3.41. The number of esters is 1. The highest BCUT2D eigenvalue weighted by Crippen LogP contribution is 2.26. The van der Waals surface area contributed by atoms with Gasteiger partial charge in [0.25, 0.3) is 5.91 Å². The first kappa shape index (κ1) is 28.9. The van der Waals surface area contributed by atoms with Crippen LogP contribution in [0.1, 0.15) is 33.5 Å². The number of aliphatic hydroxyl groups is 1. The Morgan fingerprint density at radius 1 is 1.16 bits per heavy atom. The van der Waals surface area contributed by atoms with Crippen LogP contribution in [0, 0.1) is 5.82 Å². The fourth-order valence-corrected chi connectivity index (χ4v) is 3.58. The second kappa shape index (κ2) is 13.2. The van der Waals surface area contributed by atoms with Crippen LogP contribution in [0.4, 0.5) is 4.39 Å². The summed E-state index contributed by atoms with van der Waals surface area (Å²) in [4.78, 5) is 38.4. The van der Waals surface area contributed by atoms with Crippen LogP contribution in [-0.4, -0.2) is 82.8 Å². The highest BCUT2D eigenvalue weighted by molar-refractivity contribution is 6.30. The van der Waals surface area contributed by atoms with Crippen molar-refractivity contribution in [2.75, 3.05) is 33.8 Å². The third-order valence-corrected chi connectivity index (χ3v) is 5.69. The molecule has 202 valence electrons. The summed E-state index contributed by atoms with van der Waals surface area (Å²) >= 11 is 6.00. The van der Waals surface area contributed by atoms with Crippen molar-refractivity contribution in [3.63, 3.8) is 0 Å². The Morgan fingerprint density at radius 3 is 2.50 bits per heavy atom. The topological polar surface area (TPSA) is 128 Å². The van der Waals surface area contributed by atoms with Crippen molar-refractivity contribution in [3.8, 4) is 11.1 Å². The fraction of sp³-hybridized carbons (Fsp3) is 0.308. The Kier molecular flexibility index (Phi) is 10.1. The number of hydrogen-bond donors (Lipinski definition) is 3. The van der Waals surface area contributed by atoms with Gasteiger partial charge in [-0.05, 0) is 49.5 Å². The first-order chi connectivity index (χ1) is 18.0. The van der Waals surface area contributed by atoms with E-state index in [1.54, 1.807) is 24.3 Å². The molecule has 3 N–H and O–H groups in total. The number of carbonyl (C=O) groups excluding carboxylic acids is 3. The van der Waals surface area contributed by atoms with Crippen LogP contribution in [0.5, 0.6) is 0 Å². The van der Waals surface area contributed by atoms with Gasteiger partial charge in [-0.1, -0.05) is 35.9 Å². The van der Waals surface area contributed by atoms with Gasteiger partial charge in [-0.25, -0.2) is 14.2 Å². The van der Waals surface area contributed by atoms with E-state index in [0.717, 1.165) is 0 Å². The van der Waals surface area contributed by atoms with Gasteiger partial charge in [0.1, 0.15) is 23.8 Å². The Hall–Kier alpha value is -3.64. The first-order valence-corrected chi connectivity index (χ1v) is 12.1. The summed E-state index contributed by atoms with van der Waals surface area (Å²) in [5, 5.41) is 18.5. The van der Waals surface area contributed by atoms with Crippen LogP contribution in [0.25, 0.3) is 11.1 Å². The number of nitrogens with one attached hydrogen (secondary N) is 2. The number of Topliss-reactive ketones (excluding diaryl/α,β-unsaturated/α-hetero) is 1. The monoisotopic (exact) mass is 545 g/mol. The number of rotatable bonds is 12. The van der Waals surface area contributed by atoms with Crippen LogP contribution in [0.3, 0.4) is 0 Å². The zero-order valence-corrected chi connectivity index (χ0v) is 22.0. The lowest BCUT2D eigenvalue weighted by molar-refractivity contribution is -0.155. The van der Waals surface area contributed by atoms with Crippen LogP contribution >= 0.6 is 11.6 Å². The number of halogens is 2. The molecule has 1 amide bonds. The van der Waals surface area contributed by atoms with Crippen LogP contribution in [0.2, 0.25) is 5.02 Å². The summed E-state index contributed by atoms with van der Waals surface area (Å²) in [6.45, 7) is 1.70. The van der Waals surface area contributed by atoms with Crippen molar-refractivity contribution < 1.29 is 28.6 Å². The number of ether oxygens (including phenoxy) is 1. The smallest absolute Gasteiger partial charge is 0.336 e. The molecule has 0 saturated carbocycles. The molecule has 2 aromatic carbocycles. The SMILES string of the molecule is CC(=O)c1cc(C(=O)NN(Cc2ccc(-c3cc(Cl)ccc3F)cc2)C[C@@H](O)C(=O)OCCN(C)C)[nH]n1. The van der Waals surface area contributed by atoms with Gasteiger partial charge in [-0.3, -0.25) is 20.1 Å². The minimum absolute atomic E-state index is 0.0232. The molecule has 0 radical (unpaired) electrons. The molecule has 3 aromatic rings. The van der Waals surface area contributed by atoms with Crippen LogP contribution < -0.4 is 5.43 Å². The number of hydrazine groups is 1. The molecule has 0 aliphatic carbocycles. The van der Waals surface area contributed by atoms with Crippen molar-refractivity contribution in [2.45, 2.75) is 19.6 Å². The third kappa shape index (κ3) is 8.18. The van der Waals surface area contributed by atoms with Gasteiger partial charge in [0.2, 0.25) is 0 Å². The predicted molar refractivity (Wildman–Crippen MR) is 139 cm³/mol. The van der Waals surface area contributed by atoms with Gasteiger partial charge in [0, 0.05) is 30.6 Å². The number of benzene rings is 2. The molecule has 0 unspecified atom stereocenters. The standard InChI is InChI=1S/C26H29ClFN5O5/c1-16(34)22-13-23(30-29-22)25(36)31-33(15-24(35)26(37)38-11-10-32(2)3)14-17-4-6-18(7-5-17)20-12-19(27)8-9-21(20)28/h4-9,12-13,24,35H,10-11,14-15H2,1-3H3,(H,29,30)(H,31,36)/t24-/m1/s1. The largest absolute Gasteiger partial charge is 0.462 e. The van der Waals surface area contributed by atoms with E-state index in [9.17, 15) is 23.9 Å². The molecule has 0 aliphatic rings. The summed E-state index contributed by atoms with van der Waals surface area (Å²) in [7, 11) is 3.64. The maximum Gasteiger partial charge on any atom is 0.336 e. The lowest BCUT2D eigenvalue weighted by Gasteiger charge is -2.25. The van der Waals surface area contributed by atoms with E-state index in [1.165, 1.54) is 36.2 Å². The minimum Gasteiger partial charge on any atom is -0.462 e. The highest BCUT2D eigenvalue weighted by Gasteiger charge is 2.23. The zero-order valence-electron chi connectivity index (χ0n) is 21.2. The Morgan fingerprint density at radius 2 is 1.87 bits per heavy atom. The number of nitrogens with zero attached hydrogens (tertiary/aromatic N) is 3. The maximum atomic E-state index is 14.3. The number of ketones is 1. The molecule has 0 bridgehead atoms. The van der Waals surface area contributed by atoms with Gasteiger partial charge in [0.05, 0.1) is 6.54 Å². The van der Waals surface area contributed by atoms with E-state index in [4.69, 9.17) is 16.3 Å². The van der Waals surface area contributed by atoms with Crippen molar-refractivity contribution in [1.82, 2.24) is 25.5 Å². The number of hydrogen-bond acceptors (Lipinski definition) is 8. The zero-order chi connectivity index (χ0) is 27.8. The van der Waals surface area contributed by atoms with E-state index < -0.39 is 23.8 Å². The third-order valence-electron chi connectivity index (χ3n) is 5.46. The Balaban J connectivity index is 1.75. The van der Waals surface area contributed by atoms with Crippen LogP contribution in [0.15, 0.2) is 48.5 Å². The van der Waals surface area contributed by atoms with E-state index in [-0.39, 0.29) is 36.9 Å².